The third kappa shape index (κ3) is 5.54. The van der Waals surface area contributed by atoms with Crippen molar-refractivity contribution in [3.63, 3.8) is 0 Å². The fourth-order valence-electron chi connectivity index (χ4n) is 3.70. The number of hydrogen-bond donors (Lipinski definition) is 0. The molecule has 0 saturated heterocycles. The average molecular weight is 530 g/mol. The van der Waals surface area contributed by atoms with Crippen molar-refractivity contribution < 1.29 is 31.1 Å². The number of alkyl halides is 5. The summed E-state index contributed by atoms with van der Waals surface area (Å²) in [5.41, 5.74) is -2.95. The van der Waals surface area contributed by atoms with Crippen LogP contribution in [-0.2, 0) is 13.2 Å². The van der Waals surface area contributed by atoms with E-state index in [1.54, 1.807) is 13.8 Å². The number of nitrogens with zero attached hydrogens (tertiary/aromatic N) is 3. The van der Waals surface area contributed by atoms with Gasteiger partial charge in [0.05, 0.1) is 11.6 Å². The minimum Gasteiger partial charge on any atom is -0.329 e. The molecule has 0 bridgehead atoms. The van der Waals surface area contributed by atoms with E-state index < -0.39 is 53.4 Å². The normalized spacial score (nSPS) is 14.8. The zero-order valence-corrected chi connectivity index (χ0v) is 20.5. The zero-order chi connectivity index (χ0) is 26.1. The molecule has 2 aromatic rings. The summed E-state index contributed by atoms with van der Waals surface area (Å²) in [7, 11) is 1.08. The molecule has 0 spiro atoms. The van der Waals surface area contributed by atoms with Crippen LogP contribution in [0.1, 0.15) is 67.7 Å². The molecule has 0 aliphatic rings. The Labute approximate surface area is 203 Å². The Kier molecular flexibility index (Phi) is 8.74. The Balaban J connectivity index is 2.72. The fraction of sp³-hybridized carbons (Fsp3) is 0.455. The molecule has 0 aliphatic carbocycles. The number of halogens is 8. The van der Waals surface area contributed by atoms with Crippen LogP contribution in [0.2, 0.25) is 5.02 Å². The highest BCUT2D eigenvalue weighted by molar-refractivity contribution is 6.35. The number of hydrogen-bond acceptors (Lipinski definition) is 2. The Morgan fingerprint density at radius 1 is 1.24 bits per heavy atom. The van der Waals surface area contributed by atoms with Gasteiger partial charge in [-0.05, 0) is 51.0 Å². The number of rotatable bonds is 7. The number of benzene rings is 1. The molecule has 4 nitrogen and oxygen atoms in total. The highest BCUT2D eigenvalue weighted by atomic mass is 35.5. The van der Waals surface area contributed by atoms with Gasteiger partial charge in [-0.1, -0.05) is 30.1 Å². The SMILES string of the molecule is CCC(C)N(C(=O)c1c(C(F)F)nn(C)c1F)C(C)/C(=C(\C)Cl)c1cc(C(F)(F)F)ccc1Cl. The van der Waals surface area contributed by atoms with E-state index in [-0.39, 0.29) is 21.2 Å². The summed E-state index contributed by atoms with van der Waals surface area (Å²) in [5.74, 6) is -2.35. The summed E-state index contributed by atoms with van der Waals surface area (Å²) in [4.78, 5) is 14.5. The van der Waals surface area contributed by atoms with Gasteiger partial charge in [-0.3, -0.25) is 4.79 Å². The van der Waals surface area contributed by atoms with E-state index in [1.807, 2.05) is 0 Å². The maximum Gasteiger partial charge on any atom is 0.416 e. The van der Waals surface area contributed by atoms with Gasteiger partial charge in [0.25, 0.3) is 12.3 Å². The second-order valence-electron chi connectivity index (χ2n) is 7.76. The first-order valence-corrected chi connectivity index (χ1v) is 11.0. The number of amides is 1. The quantitative estimate of drug-likeness (QED) is 0.349. The van der Waals surface area contributed by atoms with Crippen LogP contribution in [0.4, 0.5) is 26.3 Å². The minimum absolute atomic E-state index is 0.0237. The number of allylic oxidation sites excluding steroid dienone is 1. The second-order valence-corrected chi connectivity index (χ2v) is 8.73. The molecule has 34 heavy (non-hydrogen) atoms. The summed E-state index contributed by atoms with van der Waals surface area (Å²) in [6.07, 6.45) is -7.58. The number of carbonyl (C=O) groups is 1. The third-order valence-electron chi connectivity index (χ3n) is 5.52. The summed E-state index contributed by atoms with van der Waals surface area (Å²) >= 11 is 12.5. The summed E-state index contributed by atoms with van der Waals surface area (Å²) in [6, 6.07) is 0.954. The van der Waals surface area contributed by atoms with Crippen molar-refractivity contribution in [2.45, 2.75) is 58.8 Å². The van der Waals surface area contributed by atoms with Gasteiger partial charge in [0.2, 0.25) is 5.95 Å². The predicted molar refractivity (Wildman–Crippen MR) is 118 cm³/mol. The van der Waals surface area contributed by atoms with Crippen LogP contribution in [-0.4, -0.2) is 32.7 Å². The Morgan fingerprint density at radius 2 is 1.82 bits per heavy atom. The molecule has 1 aromatic carbocycles. The molecule has 0 aliphatic heterocycles. The lowest BCUT2D eigenvalue weighted by molar-refractivity contribution is -0.137. The van der Waals surface area contributed by atoms with Crippen molar-refractivity contribution >= 4 is 34.7 Å². The van der Waals surface area contributed by atoms with Gasteiger partial charge in [-0.15, -0.1) is 0 Å². The smallest absolute Gasteiger partial charge is 0.329 e. The topological polar surface area (TPSA) is 38.1 Å². The third-order valence-corrected chi connectivity index (χ3v) is 6.05. The number of aryl methyl sites for hydroxylation is 1. The lowest BCUT2D eigenvalue weighted by atomic mass is 9.94. The molecule has 2 atom stereocenters. The van der Waals surface area contributed by atoms with Crippen molar-refractivity contribution in [2.24, 2.45) is 7.05 Å². The van der Waals surface area contributed by atoms with Crippen LogP contribution >= 0.6 is 23.2 Å². The van der Waals surface area contributed by atoms with Gasteiger partial charge in [-0.2, -0.15) is 22.7 Å². The molecule has 188 valence electrons. The van der Waals surface area contributed by atoms with Crippen LogP contribution in [0.5, 0.6) is 0 Å². The van der Waals surface area contributed by atoms with E-state index >= 15 is 0 Å². The molecule has 2 unspecified atom stereocenters. The van der Waals surface area contributed by atoms with Crippen molar-refractivity contribution in [3.8, 4) is 0 Å². The maximum absolute atomic E-state index is 14.7. The number of carbonyl (C=O) groups excluding carboxylic acids is 1. The van der Waals surface area contributed by atoms with Gasteiger partial charge >= 0.3 is 6.18 Å². The van der Waals surface area contributed by atoms with Crippen LogP contribution in [0.15, 0.2) is 23.2 Å². The largest absolute Gasteiger partial charge is 0.416 e. The summed E-state index contributed by atoms with van der Waals surface area (Å²) in [6.45, 7) is 6.16. The zero-order valence-electron chi connectivity index (χ0n) is 18.9. The second kappa shape index (κ2) is 10.6. The standard InChI is InChI=1S/C22H23Cl2F6N3O/c1-6-10(2)33(21(34)17-18(19(25)26)31-32(5)20(17)27)12(4)16(11(3)23)14-9-13(22(28,29)30)7-8-15(14)24/h7-10,12,19H,6H2,1-5H3/b16-11-. The van der Waals surface area contributed by atoms with Crippen LogP contribution < -0.4 is 0 Å². The van der Waals surface area contributed by atoms with Crippen LogP contribution in [0.25, 0.3) is 5.57 Å². The molecule has 12 heteroatoms. The average Bonchev–Trinajstić information content (AvgIpc) is 3.03. The molecule has 0 saturated carbocycles. The van der Waals surface area contributed by atoms with Crippen molar-refractivity contribution in [2.75, 3.05) is 0 Å². The monoisotopic (exact) mass is 529 g/mol. The van der Waals surface area contributed by atoms with Crippen molar-refractivity contribution in [1.82, 2.24) is 14.7 Å². The Morgan fingerprint density at radius 3 is 2.29 bits per heavy atom. The Hall–Kier alpha value is -2.20. The van der Waals surface area contributed by atoms with Gasteiger partial charge in [-0.25, -0.2) is 13.5 Å². The van der Waals surface area contributed by atoms with E-state index in [4.69, 9.17) is 23.2 Å². The van der Waals surface area contributed by atoms with Gasteiger partial charge in [0, 0.05) is 28.7 Å². The minimum atomic E-state index is -4.68. The lowest BCUT2D eigenvalue weighted by Crippen LogP contribution is -2.45. The highest BCUT2D eigenvalue weighted by Gasteiger charge is 2.37. The molecular formula is C22H23Cl2F6N3O. The van der Waals surface area contributed by atoms with Crippen LogP contribution in [0.3, 0.4) is 0 Å². The van der Waals surface area contributed by atoms with Gasteiger partial charge in [0.1, 0.15) is 11.3 Å². The van der Waals surface area contributed by atoms with Crippen molar-refractivity contribution in [3.05, 3.63) is 56.6 Å². The predicted octanol–water partition coefficient (Wildman–Crippen LogP) is 7.47. The molecule has 0 fully saturated rings. The molecule has 1 heterocycles. The lowest BCUT2D eigenvalue weighted by Gasteiger charge is -2.36. The molecule has 1 aromatic heterocycles. The molecule has 1 amide bonds. The van der Waals surface area contributed by atoms with Crippen molar-refractivity contribution in [1.29, 1.82) is 0 Å². The van der Waals surface area contributed by atoms with Gasteiger partial charge < -0.3 is 4.90 Å². The molecule has 0 radical (unpaired) electrons. The summed E-state index contributed by atoms with van der Waals surface area (Å²) in [5, 5.41) is 3.37. The number of aromatic nitrogens is 2. The molecule has 2 rings (SSSR count). The maximum atomic E-state index is 14.7. The first kappa shape index (κ1) is 28.0. The fourth-order valence-corrected chi connectivity index (χ4v) is 4.18. The highest BCUT2D eigenvalue weighted by Crippen LogP contribution is 2.39. The molecule has 0 N–H and O–H groups in total. The van der Waals surface area contributed by atoms with Gasteiger partial charge in [0.15, 0.2) is 0 Å². The summed E-state index contributed by atoms with van der Waals surface area (Å²) < 4.78 is 82.3. The Bertz CT molecular complexity index is 1090. The van der Waals surface area contributed by atoms with E-state index in [1.165, 1.54) is 13.8 Å². The first-order valence-electron chi connectivity index (χ1n) is 10.2. The van der Waals surface area contributed by atoms with E-state index in [2.05, 4.69) is 5.10 Å². The van der Waals surface area contributed by atoms with Crippen LogP contribution in [0, 0.1) is 5.95 Å². The van der Waals surface area contributed by atoms with E-state index in [9.17, 15) is 31.1 Å². The molecular weight excluding hydrogens is 507 g/mol. The first-order chi connectivity index (χ1) is 15.6. The van der Waals surface area contributed by atoms with E-state index in [0.717, 1.165) is 30.1 Å². The van der Waals surface area contributed by atoms with E-state index in [0.29, 0.717) is 11.1 Å².